The van der Waals surface area contributed by atoms with Gasteiger partial charge in [0.15, 0.2) is 11.5 Å². The van der Waals surface area contributed by atoms with Crippen LogP contribution in [0.3, 0.4) is 0 Å². The molecule has 3 aromatic rings. The number of benzene rings is 1. The Balaban J connectivity index is 1.42. The third kappa shape index (κ3) is 3.04. The molecule has 3 heterocycles. The largest absolute Gasteiger partial charge is 0.448 e. The van der Waals surface area contributed by atoms with Crippen LogP contribution in [0.15, 0.2) is 18.2 Å². The summed E-state index contributed by atoms with van der Waals surface area (Å²) in [4.78, 5) is 23.7. The average Bonchev–Trinajstić information content (AvgIpc) is 3.39. The van der Waals surface area contributed by atoms with Gasteiger partial charge in [0.25, 0.3) is 11.7 Å². The first kappa shape index (κ1) is 18.4. The summed E-state index contributed by atoms with van der Waals surface area (Å²) in [6, 6.07) is 5.58. The summed E-state index contributed by atoms with van der Waals surface area (Å²) < 4.78 is 12.2. The highest BCUT2D eigenvalue weighted by atomic mass is 32.1. The lowest BCUT2D eigenvalue weighted by atomic mass is 10.1. The zero-order chi connectivity index (χ0) is 20.2. The maximum atomic E-state index is 13.0. The Morgan fingerprint density at radius 2 is 1.93 bits per heavy atom. The highest BCUT2D eigenvalue weighted by Gasteiger charge is 2.44. The van der Waals surface area contributed by atoms with Crippen LogP contribution in [0.5, 0.6) is 11.5 Å². The molecule has 1 aliphatic carbocycles. The summed E-state index contributed by atoms with van der Waals surface area (Å²) >= 11 is 1.42. The number of hydrogen-bond donors (Lipinski definition) is 1. The van der Waals surface area contributed by atoms with Gasteiger partial charge in [0.05, 0.1) is 4.88 Å². The normalized spacial score (nSPS) is 16.7. The lowest BCUT2D eigenvalue weighted by Crippen LogP contribution is -2.34. The molecule has 2 aromatic heterocycles. The van der Waals surface area contributed by atoms with Gasteiger partial charge in [0.1, 0.15) is 10.7 Å². The molecule has 5 rings (SSSR count). The number of anilines is 1. The monoisotopic (exact) mass is 409 g/mol. The Labute approximate surface area is 173 Å². The van der Waals surface area contributed by atoms with Crippen molar-refractivity contribution in [2.24, 2.45) is 0 Å². The Kier molecular flexibility index (Phi) is 4.24. The molecule has 1 fully saturated rings. The van der Waals surface area contributed by atoms with Crippen LogP contribution in [0, 0.1) is 13.8 Å². The highest BCUT2D eigenvalue weighted by molar-refractivity contribution is 7.20. The second-order valence-corrected chi connectivity index (χ2v) is 8.75. The van der Waals surface area contributed by atoms with E-state index < -0.39 is 5.79 Å². The fourth-order valence-corrected chi connectivity index (χ4v) is 5.39. The maximum absolute atomic E-state index is 13.0. The number of carbonyl (C=O) groups is 1. The Morgan fingerprint density at radius 3 is 2.69 bits per heavy atom. The summed E-state index contributed by atoms with van der Waals surface area (Å²) in [7, 11) is 0. The van der Waals surface area contributed by atoms with E-state index >= 15 is 0 Å². The van der Waals surface area contributed by atoms with E-state index in [1.54, 1.807) is 0 Å². The maximum Gasteiger partial charge on any atom is 0.266 e. The van der Waals surface area contributed by atoms with Crippen molar-refractivity contribution in [1.29, 1.82) is 0 Å². The lowest BCUT2D eigenvalue weighted by Gasteiger charge is -2.21. The number of nitrogens with zero attached hydrogens (tertiary/aromatic N) is 2. The number of carbonyl (C=O) groups excluding carboxylic acids is 1. The van der Waals surface area contributed by atoms with Gasteiger partial charge in [-0.3, -0.25) is 4.79 Å². The molecule has 1 N–H and O–H groups in total. The van der Waals surface area contributed by atoms with Crippen molar-refractivity contribution in [3.8, 4) is 11.5 Å². The summed E-state index contributed by atoms with van der Waals surface area (Å²) in [6.07, 6.45) is 4.82. The second kappa shape index (κ2) is 6.69. The molecule has 6 nitrogen and oxygen atoms in total. The summed E-state index contributed by atoms with van der Waals surface area (Å²) in [6.45, 7) is 5.96. The Bertz CT molecular complexity index is 1130. The van der Waals surface area contributed by atoms with E-state index in [2.05, 4.69) is 15.3 Å². The smallest absolute Gasteiger partial charge is 0.266 e. The van der Waals surface area contributed by atoms with Gasteiger partial charge in [-0.25, -0.2) is 9.97 Å². The van der Waals surface area contributed by atoms with Crippen molar-refractivity contribution in [2.75, 3.05) is 5.32 Å². The van der Waals surface area contributed by atoms with E-state index in [4.69, 9.17) is 9.47 Å². The number of aromatic nitrogens is 2. The molecule has 0 bridgehead atoms. The topological polar surface area (TPSA) is 73.3 Å². The van der Waals surface area contributed by atoms with Gasteiger partial charge in [0, 0.05) is 42.1 Å². The molecule has 1 spiro atoms. The summed E-state index contributed by atoms with van der Waals surface area (Å²) in [5, 5.41) is 3.98. The molecule has 1 aliphatic heterocycles. The van der Waals surface area contributed by atoms with Gasteiger partial charge in [-0.2, -0.15) is 0 Å². The second-order valence-electron chi connectivity index (χ2n) is 7.75. The minimum absolute atomic E-state index is 0.141. The van der Waals surface area contributed by atoms with Crippen molar-refractivity contribution in [3.63, 3.8) is 0 Å². The predicted octanol–water partition coefficient (Wildman–Crippen LogP) is 5.16. The molecular weight excluding hydrogens is 386 g/mol. The number of hydrogen-bond acceptors (Lipinski definition) is 6. The van der Waals surface area contributed by atoms with Gasteiger partial charge in [0.2, 0.25) is 0 Å². The number of rotatable bonds is 3. The number of amides is 1. The van der Waals surface area contributed by atoms with Gasteiger partial charge in [-0.15, -0.1) is 11.3 Å². The number of fused-ring (bicyclic) bond motifs is 2. The molecule has 7 heteroatoms. The van der Waals surface area contributed by atoms with Gasteiger partial charge >= 0.3 is 0 Å². The average molecular weight is 410 g/mol. The van der Waals surface area contributed by atoms with Crippen molar-refractivity contribution in [3.05, 3.63) is 40.2 Å². The molecule has 0 unspecified atom stereocenters. The van der Waals surface area contributed by atoms with Crippen LogP contribution in [0.25, 0.3) is 10.2 Å². The van der Waals surface area contributed by atoms with Crippen molar-refractivity contribution >= 4 is 33.1 Å². The third-order valence-electron chi connectivity index (χ3n) is 5.70. The molecule has 0 atom stereocenters. The molecule has 1 amide bonds. The number of ether oxygens (including phenoxy) is 2. The van der Waals surface area contributed by atoms with E-state index in [0.29, 0.717) is 16.3 Å². The summed E-state index contributed by atoms with van der Waals surface area (Å²) in [5.41, 5.74) is 2.54. The first-order valence-electron chi connectivity index (χ1n) is 10.1. The number of aryl methyl sites for hydroxylation is 3. The quantitative estimate of drug-likeness (QED) is 0.646. The van der Waals surface area contributed by atoms with Crippen LogP contribution < -0.4 is 14.8 Å². The standard InChI is InChI=1S/C22H23N3O3S/c1-4-17-23-13(3)18-12(2)19(29-21(18)25-17)20(26)24-14-7-8-15-16(11-14)28-22(27-15)9-5-6-10-22/h7-8,11H,4-6,9-10H2,1-3H3,(H,24,26). The zero-order valence-electron chi connectivity index (χ0n) is 16.8. The fraction of sp³-hybridized carbons (Fsp3) is 0.409. The molecule has 0 radical (unpaired) electrons. The van der Waals surface area contributed by atoms with E-state index in [1.165, 1.54) is 11.3 Å². The van der Waals surface area contributed by atoms with E-state index in [-0.39, 0.29) is 5.91 Å². The third-order valence-corrected chi connectivity index (χ3v) is 6.88. The summed E-state index contributed by atoms with van der Waals surface area (Å²) in [5.74, 6) is 1.62. The van der Waals surface area contributed by atoms with Crippen molar-refractivity contribution < 1.29 is 14.3 Å². The SMILES string of the molecule is CCc1nc(C)c2c(C)c(C(=O)Nc3ccc4c(c3)OC3(CCCC3)O4)sc2n1. The molecule has 1 aromatic carbocycles. The van der Waals surface area contributed by atoms with Crippen LogP contribution in [0.2, 0.25) is 0 Å². The van der Waals surface area contributed by atoms with E-state index in [0.717, 1.165) is 65.2 Å². The molecular formula is C22H23N3O3S. The number of nitrogens with one attached hydrogen (secondary N) is 1. The van der Waals surface area contributed by atoms with Crippen LogP contribution in [-0.2, 0) is 6.42 Å². The van der Waals surface area contributed by atoms with Crippen LogP contribution in [-0.4, -0.2) is 21.7 Å². The highest BCUT2D eigenvalue weighted by Crippen LogP contribution is 2.47. The van der Waals surface area contributed by atoms with Gasteiger partial charge in [-0.1, -0.05) is 6.92 Å². The van der Waals surface area contributed by atoms with Gasteiger partial charge < -0.3 is 14.8 Å². The van der Waals surface area contributed by atoms with Crippen LogP contribution in [0.1, 0.15) is 59.4 Å². The molecule has 2 aliphatic rings. The van der Waals surface area contributed by atoms with E-state index in [1.807, 2.05) is 39.0 Å². The minimum Gasteiger partial charge on any atom is -0.448 e. The lowest BCUT2D eigenvalue weighted by molar-refractivity contribution is -0.0716. The van der Waals surface area contributed by atoms with Gasteiger partial charge in [-0.05, 0) is 44.4 Å². The van der Waals surface area contributed by atoms with Crippen LogP contribution >= 0.6 is 11.3 Å². The molecule has 1 saturated carbocycles. The Hall–Kier alpha value is -2.67. The first-order chi connectivity index (χ1) is 14.0. The van der Waals surface area contributed by atoms with E-state index in [9.17, 15) is 4.79 Å². The minimum atomic E-state index is -0.500. The van der Waals surface area contributed by atoms with Crippen molar-refractivity contribution in [2.45, 2.75) is 58.7 Å². The van der Waals surface area contributed by atoms with Crippen molar-refractivity contribution in [1.82, 2.24) is 9.97 Å². The fourth-order valence-electron chi connectivity index (χ4n) is 4.25. The molecule has 0 saturated heterocycles. The predicted molar refractivity (Wildman–Crippen MR) is 113 cm³/mol. The first-order valence-corrected chi connectivity index (χ1v) is 10.9. The Morgan fingerprint density at radius 1 is 1.17 bits per heavy atom. The molecule has 29 heavy (non-hydrogen) atoms. The number of thiophene rings is 1. The zero-order valence-corrected chi connectivity index (χ0v) is 17.6. The molecule has 150 valence electrons. The van der Waals surface area contributed by atoms with Crippen LogP contribution in [0.4, 0.5) is 5.69 Å².